The fraction of sp³-hybridized carbons (Fsp3) is 0.529. The summed E-state index contributed by atoms with van der Waals surface area (Å²) >= 11 is 0. The van der Waals surface area contributed by atoms with Crippen molar-refractivity contribution < 1.29 is 0 Å². The number of nitriles is 1. The van der Waals surface area contributed by atoms with Gasteiger partial charge in [0.25, 0.3) is 0 Å². The second-order valence-corrected chi connectivity index (χ2v) is 5.67. The molecule has 0 radical (unpaired) electrons. The standard InChI is InChI=1S/C17H24N4/c1-3-19-17(21-10-4-5-14(2)13-21)20-12-16-8-6-15(11-18)7-9-16/h6-9,14H,3-5,10,12-13H2,1-2H3,(H,19,20). The molecule has 0 amide bonds. The highest BCUT2D eigenvalue weighted by Crippen LogP contribution is 2.15. The van der Waals surface area contributed by atoms with Crippen LogP contribution in [0.4, 0.5) is 0 Å². The Balaban J connectivity index is 2.04. The minimum Gasteiger partial charge on any atom is -0.357 e. The number of likely N-dealkylation sites (tertiary alicyclic amines) is 1. The predicted molar refractivity (Wildman–Crippen MR) is 85.9 cm³/mol. The molecule has 1 saturated heterocycles. The van der Waals surface area contributed by atoms with Crippen LogP contribution in [0.5, 0.6) is 0 Å². The average molecular weight is 284 g/mol. The molecule has 1 N–H and O–H groups in total. The summed E-state index contributed by atoms with van der Waals surface area (Å²) in [7, 11) is 0. The molecule has 1 aromatic carbocycles. The minimum atomic E-state index is 0.652. The maximum Gasteiger partial charge on any atom is 0.194 e. The molecular formula is C17H24N4. The maximum atomic E-state index is 8.82. The Labute approximate surface area is 127 Å². The molecule has 0 spiro atoms. The van der Waals surface area contributed by atoms with Crippen molar-refractivity contribution in [3.05, 3.63) is 35.4 Å². The summed E-state index contributed by atoms with van der Waals surface area (Å²) in [6.45, 7) is 8.11. The zero-order chi connectivity index (χ0) is 15.1. The lowest BCUT2D eigenvalue weighted by Crippen LogP contribution is -2.46. The highest BCUT2D eigenvalue weighted by Gasteiger charge is 2.18. The molecule has 0 bridgehead atoms. The highest BCUT2D eigenvalue weighted by atomic mass is 15.3. The Kier molecular flexibility index (Phi) is 5.62. The first kappa shape index (κ1) is 15.4. The fourth-order valence-electron chi connectivity index (χ4n) is 2.66. The summed E-state index contributed by atoms with van der Waals surface area (Å²) in [5.41, 5.74) is 1.83. The zero-order valence-corrected chi connectivity index (χ0v) is 13.0. The molecule has 1 aromatic rings. The summed E-state index contributed by atoms with van der Waals surface area (Å²) in [6, 6.07) is 9.79. The van der Waals surface area contributed by atoms with E-state index in [4.69, 9.17) is 10.3 Å². The van der Waals surface area contributed by atoms with E-state index >= 15 is 0 Å². The summed E-state index contributed by atoms with van der Waals surface area (Å²) < 4.78 is 0. The van der Waals surface area contributed by atoms with Crippen LogP contribution in [0.25, 0.3) is 0 Å². The van der Waals surface area contributed by atoms with Gasteiger partial charge in [0.15, 0.2) is 5.96 Å². The number of rotatable bonds is 3. The molecule has 4 heteroatoms. The van der Waals surface area contributed by atoms with Crippen molar-refractivity contribution in [3.63, 3.8) is 0 Å². The number of guanidine groups is 1. The zero-order valence-electron chi connectivity index (χ0n) is 13.0. The van der Waals surface area contributed by atoms with E-state index in [-0.39, 0.29) is 0 Å². The van der Waals surface area contributed by atoms with Gasteiger partial charge in [-0.05, 0) is 43.4 Å². The Morgan fingerprint density at radius 1 is 1.43 bits per heavy atom. The van der Waals surface area contributed by atoms with Crippen LogP contribution in [0.15, 0.2) is 29.3 Å². The summed E-state index contributed by atoms with van der Waals surface area (Å²) in [5.74, 6) is 1.74. The van der Waals surface area contributed by atoms with E-state index in [1.54, 1.807) is 0 Å². The first-order chi connectivity index (χ1) is 10.2. The monoisotopic (exact) mass is 284 g/mol. The van der Waals surface area contributed by atoms with Crippen LogP contribution in [0.2, 0.25) is 0 Å². The molecule has 2 rings (SSSR count). The van der Waals surface area contributed by atoms with Crippen molar-refractivity contribution in [3.8, 4) is 6.07 Å². The molecule has 1 atom stereocenters. The topological polar surface area (TPSA) is 51.4 Å². The smallest absolute Gasteiger partial charge is 0.194 e. The number of aliphatic imine (C=N–C) groups is 1. The lowest BCUT2D eigenvalue weighted by molar-refractivity contribution is 0.266. The van der Waals surface area contributed by atoms with Crippen LogP contribution in [0.1, 0.15) is 37.8 Å². The maximum absolute atomic E-state index is 8.82. The van der Waals surface area contributed by atoms with Gasteiger partial charge in [-0.25, -0.2) is 4.99 Å². The van der Waals surface area contributed by atoms with Crippen molar-refractivity contribution >= 4 is 5.96 Å². The number of nitrogens with zero attached hydrogens (tertiary/aromatic N) is 3. The second-order valence-electron chi connectivity index (χ2n) is 5.67. The molecule has 4 nitrogen and oxygen atoms in total. The van der Waals surface area contributed by atoms with Gasteiger partial charge >= 0.3 is 0 Å². The molecule has 0 aromatic heterocycles. The van der Waals surface area contributed by atoms with E-state index in [0.29, 0.717) is 12.1 Å². The van der Waals surface area contributed by atoms with Gasteiger partial charge in [-0.2, -0.15) is 5.26 Å². The third-order valence-corrected chi connectivity index (χ3v) is 3.79. The molecule has 1 aliphatic rings. The first-order valence-electron chi connectivity index (χ1n) is 7.75. The predicted octanol–water partition coefficient (Wildman–Crippen LogP) is 2.76. The molecule has 21 heavy (non-hydrogen) atoms. The normalized spacial score (nSPS) is 19.2. The Hall–Kier alpha value is -2.02. The second kappa shape index (κ2) is 7.68. The number of hydrogen-bond acceptors (Lipinski definition) is 2. The van der Waals surface area contributed by atoms with Crippen LogP contribution < -0.4 is 5.32 Å². The Morgan fingerprint density at radius 2 is 2.19 bits per heavy atom. The molecule has 0 aliphatic carbocycles. The Morgan fingerprint density at radius 3 is 2.81 bits per heavy atom. The number of hydrogen-bond donors (Lipinski definition) is 1. The fourth-order valence-corrected chi connectivity index (χ4v) is 2.66. The van der Waals surface area contributed by atoms with Crippen LogP contribution in [-0.2, 0) is 6.54 Å². The van der Waals surface area contributed by atoms with Gasteiger partial charge < -0.3 is 10.2 Å². The van der Waals surface area contributed by atoms with Crippen molar-refractivity contribution in [2.24, 2.45) is 10.9 Å². The van der Waals surface area contributed by atoms with Gasteiger partial charge in [-0.15, -0.1) is 0 Å². The van der Waals surface area contributed by atoms with E-state index in [9.17, 15) is 0 Å². The van der Waals surface area contributed by atoms with Crippen molar-refractivity contribution in [1.82, 2.24) is 10.2 Å². The van der Waals surface area contributed by atoms with Gasteiger partial charge in [0.1, 0.15) is 0 Å². The van der Waals surface area contributed by atoms with Crippen LogP contribution in [0.3, 0.4) is 0 Å². The van der Waals surface area contributed by atoms with E-state index in [0.717, 1.165) is 37.1 Å². The third-order valence-electron chi connectivity index (χ3n) is 3.79. The van der Waals surface area contributed by atoms with Crippen LogP contribution in [-0.4, -0.2) is 30.5 Å². The van der Waals surface area contributed by atoms with Gasteiger partial charge in [0.05, 0.1) is 18.2 Å². The van der Waals surface area contributed by atoms with Crippen LogP contribution in [0, 0.1) is 17.2 Å². The number of benzene rings is 1. The van der Waals surface area contributed by atoms with E-state index < -0.39 is 0 Å². The number of nitrogens with one attached hydrogen (secondary N) is 1. The van der Waals surface area contributed by atoms with Crippen molar-refractivity contribution in [2.45, 2.75) is 33.2 Å². The average Bonchev–Trinajstić information content (AvgIpc) is 2.52. The molecule has 1 unspecified atom stereocenters. The quantitative estimate of drug-likeness (QED) is 0.686. The molecule has 112 valence electrons. The lowest BCUT2D eigenvalue weighted by Gasteiger charge is -2.33. The highest BCUT2D eigenvalue weighted by molar-refractivity contribution is 5.80. The molecule has 0 saturated carbocycles. The minimum absolute atomic E-state index is 0.652. The van der Waals surface area contributed by atoms with E-state index in [2.05, 4.69) is 30.1 Å². The van der Waals surface area contributed by atoms with E-state index in [1.165, 1.54) is 12.8 Å². The third kappa shape index (κ3) is 4.49. The lowest BCUT2D eigenvalue weighted by atomic mass is 10.0. The van der Waals surface area contributed by atoms with E-state index in [1.807, 2.05) is 24.3 Å². The summed E-state index contributed by atoms with van der Waals surface area (Å²) in [6.07, 6.45) is 2.55. The summed E-state index contributed by atoms with van der Waals surface area (Å²) in [5, 5.41) is 12.2. The van der Waals surface area contributed by atoms with Gasteiger partial charge in [0, 0.05) is 19.6 Å². The largest absolute Gasteiger partial charge is 0.357 e. The molecule has 1 heterocycles. The molecular weight excluding hydrogens is 260 g/mol. The molecule has 1 fully saturated rings. The van der Waals surface area contributed by atoms with Gasteiger partial charge in [0.2, 0.25) is 0 Å². The Bertz CT molecular complexity index is 513. The molecule has 1 aliphatic heterocycles. The van der Waals surface area contributed by atoms with Gasteiger partial charge in [-0.3, -0.25) is 0 Å². The van der Waals surface area contributed by atoms with Gasteiger partial charge in [-0.1, -0.05) is 19.1 Å². The number of piperidine rings is 1. The van der Waals surface area contributed by atoms with Crippen molar-refractivity contribution in [1.29, 1.82) is 5.26 Å². The van der Waals surface area contributed by atoms with Crippen molar-refractivity contribution in [2.75, 3.05) is 19.6 Å². The SMILES string of the molecule is CCNC(=NCc1ccc(C#N)cc1)N1CCCC(C)C1. The van der Waals surface area contributed by atoms with Crippen LogP contribution >= 0.6 is 0 Å². The summed E-state index contributed by atoms with van der Waals surface area (Å²) in [4.78, 5) is 7.11. The first-order valence-corrected chi connectivity index (χ1v) is 7.75.